The minimum Gasteiger partial charge on any atom is -0.388 e. The van der Waals surface area contributed by atoms with Gasteiger partial charge in [-0.2, -0.15) is 0 Å². The van der Waals surface area contributed by atoms with Gasteiger partial charge in [0, 0.05) is 11.4 Å². The van der Waals surface area contributed by atoms with Crippen LogP contribution in [0.25, 0.3) is 11.0 Å². The average Bonchev–Trinajstić information content (AvgIpc) is 3.33. The van der Waals surface area contributed by atoms with E-state index in [-0.39, 0.29) is 25.1 Å². The molecular weight excluding hydrogens is 322 g/mol. The van der Waals surface area contributed by atoms with Crippen LogP contribution < -0.4 is 0 Å². The van der Waals surface area contributed by atoms with E-state index in [1.807, 2.05) is 39.8 Å². The third-order valence-corrected chi connectivity index (χ3v) is 5.59. The van der Waals surface area contributed by atoms with Crippen molar-refractivity contribution in [2.24, 2.45) is 0 Å². The van der Waals surface area contributed by atoms with Crippen LogP contribution in [0.4, 0.5) is 0 Å². The Labute approximate surface area is 144 Å². The molecule has 1 atom stereocenters. The predicted molar refractivity (Wildman–Crippen MR) is 93.7 cm³/mol. The molecule has 1 aliphatic rings. The molecule has 124 valence electrons. The van der Waals surface area contributed by atoms with E-state index in [1.165, 1.54) is 4.88 Å². The number of benzene rings is 1. The lowest BCUT2D eigenvalue weighted by Gasteiger charge is -2.24. The van der Waals surface area contributed by atoms with Crippen molar-refractivity contribution < 1.29 is 9.90 Å². The molecule has 3 aromatic rings. The highest BCUT2D eigenvalue weighted by Crippen LogP contribution is 2.34. The van der Waals surface area contributed by atoms with Crippen LogP contribution in [0.3, 0.4) is 0 Å². The van der Waals surface area contributed by atoms with Gasteiger partial charge in [-0.1, -0.05) is 18.2 Å². The molecule has 0 radical (unpaired) electrons. The van der Waals surface area contributed by atoms with Gasteiger partial charge in [0.2, 0.25) is 5.91 Å². The van der Waals surface area contributed by atoms with Gasteiger partial charge in [-0.15, -0.1) is 11.3 Å². The molecule has 0 bridgehead atoms. The van der Waals surface area contributed by atoms with E-state index < -0.39 is 0 Å². The summed E-state index contributed by atoms with van der Waals surface area (Å²) in [4.78, 5) is 20.6. The van der Waals surface area contributed by atoms with Crippen LogP contribution in [0, 0.1) is 0 Å². The lowest BCUT2D eigenvalue weighted by molar-refractivity contribution is -0.132. The lowest BCUT2D eigenvalue weighted by atomic mass is 10.2. The van der Waals surface area contributed by atoms with Crippen LogP contribution in [0.2, 0.25) is 0 Å². The Bertz CT molecular complexity index is 856. The molecule has 1 aliphatic heterocycles. The normalized spacial score (nSPS) is 17.7. The van der Waals surface area contributed by atoms with Gasteiger partial charge in [0.05, 0.1) is 17.1 Å². The van der Waals surface area contributed by atoms with E-state index in [2.05, 4.69) is 16.4 Å². The first kappa shape index (κ1) is 15.4. The van der Waals surface area contributed by atoms with Crippen molar-refractivity contribution in [2.75, 3.05) is 6.54 Å². The molecule has 3 heterocycles. The molecule has 1 aromatic carbocycles. The summed E-state index contributed by atoms with van der Waals surface area (Å²) in [5.74, 6) is 0.625. The maximum absolute atomic E-state index is 12.9. The molecule has 1 unspecified atom stereocenters. The number of nitrogens with zero attached hydrogens (tertiary/aromatic N) is 3. The van der Waals surface area contributed by atoms with Crippen molar-refractivity contribution >= 4 is 28.3 Å². The van der Waals surface area contributed by atoms with E-state index in [4.69, 9.17) is 0 Å². The number of thiophene rings is 1. The van der Waals surface area contributed by atoms with Gasteiger partial charge in [0.1, 0.15) is 19.0 Å². The van der Waals surface area contributed by atoms with Crippen LogP contribution in [-0.4, -0.2) is 32.0 Å². The van der Waals surface area contributed by atoms with Gasteiger partial charge >= 0.3 is 0 Å². The van der Waals surface area contributed by atoms with Crippen molar-refractivity contribution in [3.63, 3.8) is 0 Å². The number of aliphatic hydroxyl groups excluding tert-OH is 1. The van der Waals surface area contributed by atoms with Gasteiger partial charge in [-0.25, -0.2) is 4.98 Å². The Kier molecular flexibility index (Phi) is 4.08. The Morgan fingerprint density at radius 1 is 1.29 bits per heavy atom. The first-order valence-corrected chi connectivity index (χ1v) is 9.04. The summed E-state index contributed by atoms with van der Waals surface area (Å²) in [6.45, 7) is 0.844. The van der Waals surface area contributed by atoms with Crippen molar-refractivity contribution in [1.82, 2.24) is 14.5 Å². The largest absolute Gasteiger partial charge is 0.388 e. The zero-order valence-corrected chi connectivity index (χ0v) is 14.1. The Balaban J connectivity index is 1.62. The van der Waals surface area contributed by atoms with Crippen molar-refractivity contribution in [3.05, 3.63) is 52.5 Å². The molecule has 0 spiro atoms. The number of imidazole rings is 1. The summed E-state index contributed by atoms with van der Waals surface area (Å²) in [6.07, 6.45) is 2.05. The molecule has 1 N–H and O–H groups in total. The third kappa shape index (κ3) is 2.61. The fourth-order valence-corrected chi connectivity index (χ4v) is 4.36. The number of hydrogen-bond acceptors (Lipinski definition) is 4. The van der Waals surface area contributed by atoms with Crippen LogP contribution in [-0.2, 0) is 17.9 Å². The fourth-order valence-electron chi connectivity index (χ4n) is 3.49. The number of rotatable bonds is 4. The number of carbonyl (C=O) groups excluding carboxylic acids is 1. The van der Waals surface area contributed by atoms with E-state index in [0.29, 0.717) is 5.82 Å². The highest BCUT2D eigenvalue weighted by molar-refractivity contribution is 7.10. The number of hydrogen-bond donors (Lipinski definition) is 1. The van der Waals surface area contributed by atoms with Crippen LogP contribution in [0.15, 0.2) is 41.8 Å². The summed E-state index contributed by atoms with van der Waals surface area (Å²) >= 11 is 1.71. The van der Waals surface area contributed by atoms with E-state index in [1.54, 1.807) is 11.3 Å². The standard InChI is InChI=1S/C18H19N3O2S/c22-12-17-19-13-5-1-2-6-14(13)21(17)11-18(23)20-9-3-7-15(20)16-8-4-10-24-16/h1-2,4-6,8,10,15,22H,3,7,9,11-12H2. The maximum Gasteiger partial charge on any atom is 0.243 e. The highest BCUT2D eigenvalue weighted by atomic mass is 32.1. The van der Waals surface area contributed by atoms with Crippen LogP contribution in [0.1, 0.15) is 29.6 Å². The minimum atomic E-state index is -0.170. The average molecular weight is 341 g/mol. The Morgan fingerprint density at radius 3 is 2.96 bits per heavy atom. The van der Waals surface area contributed by atoms with Crippen molar-refractivity contribution in [1.29, 1.82) is 0 Å². The second-order valence-corrected chi connectivity index (χ2v) is 7.00. The van der Waals surface area contributed by atoms with Gasteiger partial charge in [-0.05, 0) is 36.4 Å². The molecular formula is C18H19N3O2S. The fraction of sp³-hybridized carbons (Fsp3) is 0.333. The summed E-state index contributed by atoms with van der Waals surface area (Å²) in [5, 5.41) is 11.7. The molecule has 6 heteroatoms. The molecule has 5 nitrogen and oxygen atoms in total. The maximum atomic E-state index is 12.9. The first-order chi connectivity index (χ1) is 11.8. The number of likely N-dealkylation sites (tertiary alicyclic amines) is 1. The molecule has 1 saturated heterocycles. The third-order valence-electron chi connectivity index (χ3n) is 4.61. The van der Waals surface area contributed by atoms with E-state index >= 15 is 0 Å². The van der Waals surface area contributed by atoms with Crippen LogP contribution >= 0.6 is 11.3 Å². The zero-order chi connectivity index (χ0) is 16.5. The zero-order valence-electron chi connectivity index (χ0n) is 13.3. The number of amides is 1. The second kappa shape index (κ2) is 6.37. The van der Waals surface area contributed by atoms with Crippen LogP contribution in [0.5, 0.6) is 0 Å². The number of carbonyl (C=O) groups is 1. The summed E-state index contributed by atoms with van der Waals surface area (Å²) in [7, 11) is 0. The van der Waals surface area contributed by atoms with Crippen molar-refractivity contribution in [2.45, 2.75) is 32.0 Å². The number of fused-ring (bicyclic) bond motifs is 1. The number of para-hydroxylation sites is 2. The highest BCUT2D eigenvalue weighted by Gasteiger charge is 2.31. The minimum absolute atomic E-state index is 0.0868. The Morgan fingerprint density at radius 2 is 2.17 bits per heavy atom. The van der Waals surface area contributed by atoms with Gasteiger partial charge in [0.25, 0.3) is 0 Å². The summed E-state index contributed by atoms with van der Waals surface area (Å²) in [5.41, 5.74) is 1.70. The van der Waals surface area contributed by atoms with Gasteiger partial charge in [0.15, 0.2) is 0 Å². The van der Waals surface area contributed by atoms with E-state index in [9.17, 15) is 9.90 Å². The predicted octanol–water partition coefficient (Wildman–Crippen LogP) is 2.95. The smallest absolute Gasteiger partial charge is 0.243 e. The second-order valence-electron chi connectivity index (χ2n) is 6.02. The SMILES string of the molecule is O=C(Cn1c(CO)nc2ccccc21)N1CCCC1c1cccs1. The van der Waals surface area contributed by atoms with Gasteiger partial charge < -0.3 is 14.6 Å². The van der Waals surface area contributed by atoms with Crippen molar-refractivity contribution in [3.8, 4) is 0 Å². The lowest BCUT2D eigenvalue weighted by Crippen LogP contribution is -2.33. The van der Waals surface area contributed by atoms with Gasteiger partial charge in [-0.3, -0.25) is 4.79 Å². The summed E-state index contributed by atoms with van der Waals surface area (Å²) < 4.78 is 1.83. The monoisotopic (exact) mass is 341 g/mol. The summed E-state index contributed by atoms with van der Waals surface area (Å²) in [6, 6.07) is 12.0. The molecule has 1 fully saturated rings. The number of aliphatic hydroxyl groups is 1. The topological polar surface area (TPSA) is 58.4 Å². The molecule has 0 saturated carbocycles. The Hall–Kier alpha value is -2.18. The molecule has 4 rings (SSSR count). The number of aromatic nitrogens is 2. The molecule has 24 heavy (non-hydrogen) atoms. The first-order valence-electron chi connectivity index (χ1n) is 8.16. The molecule has 1 amide bonds. The quantitative estimate of drug-likeness (QED) is 0.794. The molecule has 0 aliphatic carbocycles. The molecule has 2 aromatic heterocycles. The van der Waals surface area contributed by atoms with E-state index in [0.717, 1.165) is 30.4 Å².